The number of rotatable bonds is 7. The third kappa shape index (κ3) is 5.00. The highest BCUT2D eigenvalue weighted by Crippen LogP contribution is 2.38. The topological polar surface area (TPSA) is 59.3 Å². The molecule has 0 fully saturated rings. The fourth-order valence-electron chi connectivity index (χ4n) is 4.34. The fraction of sp³-hybridized carbons (Fsp3) is 0.269. The van der Waals surface area contributed by atoms with Crippen molar-refractivity contribution in [3.8, 4) is 0 Å². The summed E-state index contributed by atoms with van der Waals surface area (Å²) in [6.45, 7) is 2.15. The van der Waals surface area contributed by atoms with Crippen molar-refractivity contribution in [2.45, 2.75) is 29.2 Å². The molecule has 0 spiro atoms. The van der Waals surface area contributed by atoms with Crippen molar-refractivity contribution in [1.82, 2.24) is 15.3 Å². The van der Waals surface area contributed by atoms with Crippen LogP contribution in [0, 0.1) is 0 Å². The van der Waals surface area contributed by atoms with Crippen molar-refractivity contribution in [2.75, 3.05) is 25.6 Å². The Kier molecular flexibility index (Phi) is 7.20. The van der Waals surface area contributed by atoms with Gasteiger partial charge in [-0.05, 0) is 22.9 Å². The Morgan fingerprint density at radius 1 is 1.09 bits per heavy atom. The molecule has 0 bridgehead atoms. The molecule has 8 heteroatoms. The summed E-state index contributed by atoms with van der Waals surface area (Å²) in [6, 6.07) is 20.1. The Hall–Kier alpha value is -2.39. The number of amides is 1. The summed E-state index contributed by atoms with van der Waals surface area (Å²) < 4.78 is 0. The van der Waals surface area contributed by atoms with Crippen LogP contribution in [0.2, 0.25) is 0 Å². The first-order chi connectivity index (χ1) is 16.6. The van der Waals surface area contributed by atoms with E-state index in [-0.39, 0.29) is 11.9 Å². The molecule has 5 nitrogen and oxygen atoms in total. The maximum absolute atomic E-state index is 13.2. The molecule has 2 aromatic carbocycles. The molecule has 1 aliphatic rings. The SMILES string of the molecule is CSc1nc(SCC(=O)NC(c2ccccc2)c2ccccc2)c2c3c(sc2n1)C[NH+](C)CC3. The number of likely N-dealkylation sites (N-methyl/N-ethyl adjacent to an activating group) is 1. The van der Waals surface area contributed by atoms with Gasteiger partial charge >= 0.3 is 0 Å². The molecule has 1 unspecified atom stereocenters. The van der Waals surface area contributed by atoms with Crippen LogP contribution < -0.4 is 10.2 Å². The molecule has 1 atom stereocenters. The third-order valence-electron chi connectivity index (χ3n) is 6.04. The summed E-state index contributed by atoms with van der Waals surface area (Å²) in [6.07, 6.45) is 3.03. The number of fused-ring (bicyclic) bond motifs is 3. The normalized spacial score (nSPS) is 15.4. The minimum absolute atomic E-state index is 0.00607. The first kappa shape index (κ1) is 23.4. The van der Waals surface area contributed by atoms with Crippen LogP contribution in [0.25, 0.3) is 10.2 Å². The van der Waals surface area contributed by atoms with E-state index in [4.69, 9.17) is 9.97 Å². The van der Waals surface area contributed by atoms with Gasteiger partial charge in [-0.25, -0.2) is 9.97 Å². The molecule has 1 aliphatic heterocycles. The van der Waals surface area contributed by atoms with Gasteiger partial charge in [0.15, 0.2) is 5.16 Å². The van der Waals surface area contributed by atoms with Crippen molar-refractivity contribution >= 4 is 51.0 Å². The highest BCUT2D eigenvalue weighted by Gasteiger charge is 2.26. The van der Waals surface area contributed by atoms with E-state index in [1.54, 1.807) is 23.1 Å². The van der Waals surface area contributed by atoms with Crippen LogP contribution >= 0.6 is 34.9 Å². The van der Waals surface area contributed by atoms with Crippen molar-refractivity contribution in [3.05, 3.63) is 82.2 Å². The van der Waals surface area contributed by atoms with Crippen LogP contribution in [0.3, 0.4) is 0 Å². The number of carbonyl (C=O) groups is 1. The molecule has 5 rings (SSSR count). The zero-order valence-corrected chi connectivity index (χ0v) is 21.7. The first-order valence-corrected chi connectivity index (χ1v) is 14.3. The molecule has 1 amide bonds. The van der Waals surface area contributed by atoms with Crippen molar-refractivity contribution in [2.24, 2.45) is 0 Å². The van der Waals surface area contributed by atoms with Crippen LogP contribution in [-0.4, -0.2) is 41.5 Å². The third-order valence-corrected chi connectivity index (χ3v) is 8.69. The number of nitrogens with one attached hydrogen (secondary N) is 2. The van der Waals surface area contributed by atoms with E-state index in [2.05, 4.69) is 36.6 Å². The van der Waals surface area contributed by atoms with Gasteiger partial charge in [-0.1, -0.05) is 84.2 Å². The molecule has 3 heterocycles. The number of hydrogen-bond acceptors (Lipinski definition) is 6. The van der Waals surface area contributed by atoms with E-state index < -0.39 is 0 Å². The second kappa shape index (κ2) is 10.5. The van der Waals surface area contributed by atoms with Crippen molar-refractivity contribution in [1.29, 1.82) is 0 Å². The number of thioether (sulfide) groups is 2. The molecule has 0 radical (unpaired) electrons. The number of carbonyl (C=O) groups excluding carboxylic acids is 1. The summed E-state index contributed by atoms with van der Waals surface area (Å²) in [4.78, 5) is 26.7. The molecule has 0 saturated carbocycles. The fourth-order valence-corrected chi connectivity index (χ4v) is 7.09. The van der Waals surface area contributed by atoms with Gasteiger partial charge in [0.05, 0.1) is 30.3 Å². The van der Waals surface area contributed by atoms with Crippen LogP contribution in [0.5, 0.6) is 0 Å². The van der Waals surface area contributed by atoms with Gasteiger partial charge in [0.25, 0.3) is 0 Å². The molecule has 0 aliphatic carbocycles. The molecule has 0 saturated heterocycles. The summed E-state index contributed by atoms with van der Waals surface area (Å²) in [5.74, 6) is 0.305. The van der Waals surface area contributed by atoms with Gasteiger partial charge in [0.1, 0.15) is 16.4 Å². The lowest BCUT2D eigenvalue weighted by Crippen LogP contribution is -3.08. The second-order valence-electron chi connectivity index (χ2n) is 8.44. The Morgan fingerprint density at radius 3 is 2.41 bits per heavy atom. The zero-order valence-electron chi connectivity index (χ0n) is 19.2. The van der Waals surface area contributed by atoms with Crippen LogP contribution in [0.1, 0.15) is 27.6 Å². The number of nitrogens with zero attached hydrogens (tertiary/aromatic N) is 2. The lowest BCUT2D eigenvalue weighted by Gasteiger charge is -2.20. The smallest absolute Gasteiger partial charge is 0.231 e. The minimum atomic E-state index is -0.185. The van der Waals surface area contributed by atoms with Gasteiger partial charge in [0.2, 0.25) is 5.91 Å². The number of aromatic nitrogens is 2. The number of thiophene rings is 1. The Labute approximate surface area is 212 Å². The van der Waals surface area contributed by atoms with E-state index in [1.165, 1.54) is 27.1 Å². The molecule has 2 N–H and O–H groups in total. The Bertz CT molecular complexity index is 1250. The van der Waals surface area contributed by atoms with E-state index >= 15 is 0 Å². The molecule has 34 heavy (non-hydrogen) atoms. The highest BCUT2D eigenvalue weighted by atomic mass is 32.2. The lowest BCUT2D eigenvalue weighted by molar-refractivity contribution is -0.895. The predicted octanol–water partition coefficient (Wildman–Crippen LogP) is 3.98. The molecular formula is C26H27N4OS3+. The second-order valence-corrected chi connectivity index (χ2v) is 11.3. The van der Waals surface area contributed by atoms with Gasteiger partial charge in [-0.15, -0.1) is 11.3 Å². The van der Waals surface area contributed by atoms with Crippen LogP contribution in [0.4, 0.5) is 0 Å². The van der Waals surface area contributed by atoms with E-state index in [1.807, 2.05) is 42.7 Å². The summed E-state index contributed by atoms with van der Waals surface area (Å²) in [5, 5.41) is 6.10. The van der Waals surface area contributed by atoms with Gasteiger partial charge in [-0.2, -0.15) is 0 Å². The number of hydrogen-bond donors (Lipinski definition) is 2. The molecule has 4 aromatic rings. The van der Waals surface area contributed by atoms with Crippen LogP contribution in [0.15, 0.2) is 70.8 Å². The average molecular weight is 508 g/mol. The van der Waals surface area contributed by atoms with E-state index in [0.29, 0.717) is 5.75 Å². The lowest BCUT2D eigenvalue weighted by atomic mass is 9.99. The van der Waals surface area contributed by atoms with Crippen LogP contribution in [-0.2, 0) is 17.8 Å². The largest absolute Gasteiger partial charge is 0.344 e. The van der Waals surface area contributed by atoms with Gasteiger partial charge in [-0.3, -0.25) is 4.79 Å². The minimum Gasteiger partial charge on any atom is -0.344 e. The van der Waals surface area contributed by atoms with Crippen molar-refractivity contribution < 1.29 is 9.69 Å². The maximum Gasteiger partial charge on any atom is 0.231 e. The highest BCUT2D eigenvalue weighted by molar-refractivity contribution is 8.00. The van der Waals surface area contributed by atoms with Gasteiger partial charge < -0.3 is 10.2 Å². The Morgan fingerprint density at radius 2 is 1.76 bits per heavy atom. The molecule has 174 valence electrons. The summed E-state index contributed by atoms with van der Waals surface area (Å²) in [5.41, 5.74) is 3.52. The molecule has 2 aromatic heterocycles. The number of benzene rings is 2. The summed E-state index contributed by atoms with van der Waals surface area (Å²) >= 11 is 4.86. The Balaban J connectivity index is 1.39. The van der Waals surface area contributed by atoms with Crippen molar-refractivity contribution in [3.63, 3.8) is 0 Å². The molecular weight excluding hydrogens is 481 g/mol. The zero-order chi connectivity index (χ0) is 23.5. The van der Waals surface area contributed by atoms with E-state index in [0.717, 1.165) is 51.0 Å². The average Bonchev–Trinajstić information content (AvgIpc) is 3.24. The van der Waals surface area contributed by atoms with E-state index in [9.17, 15) is 4.79 Å². The standard InChI is InChI=1S/C26H26N4OS3/c1-30-14-13-19-20(15-30)34-25-22(19)24(28-26(29-25)32-2)33-16-21(31)27-23(17-9-5-3-6-10-17)18-11-7-4-8-12-18/h3-12,23H,13-16H2,1-2H3,(H,27,31)/p+1. The quantitative estimate of drug-likeness (QED) is 0.225. The van der Waals surface area contributed by atoms with Gasteiger partial charge in [0, 0.05) is 11.8 Å². The number of quaternary nitrogens is 1. The monoisotopic (exact) mass is 507 g/mol. The predicted molar refractivity (Wildman–Crippen MR) is 142 cm³/mol. The summed E-state index contributed by atoms with van der Waals surface area (Å²) in [7, 11) is 2.24. The first-order valence-electron chi connectivity index (χ1n) is 11.3. The maximum atomic E-state index is 13.2.